The minimum atomic E-state index is 0.923. The van der Waals surface area contributed by atoms with Crippen molar-refractivity contribution in [2.45, 2.75) is 40.2 Å². The molecule has 0 saturated carbocycles. The Hall–Kier alpha value is -1.26. The summed E-state index contributed by atoms with van der Waals surface area (Å²) in [5.74, 6) is 1.88. The first-order valence-electron chi connectivity index (χ1n) is 7.63. The van der Waals surface area contributed by atoms with Crippen molar-refractivity contribution in [3.63, 3.8) is 0 Å². The first kappa shape index (κ1) is 19.7. The minimum Gasteiger partial charge on any atom is -0.496 e. The number of ether oxygens (including phenoxy) is 2. The first-order chi connectivity index (χ1) is 10.2. The van der Waals surface area contributed by atoms with Gasteiger partial charge in [0.05, 0.1) is 19.8 Å². The Balaban J connectivity index is 0.000000921. The van der Waals surface area contributed by atoms with Gasteiger partial charge in [-0.2, -0.15) is 0 Å². The van der Waals surface area contributed by atoms with Crippen LogP contribution in [0.1, 0.15) is 37.8 Å². The van der Waals surface area contributed by atoms with Gasteiger partial charge in [-0.1, -0.05) is 13.8 Å². The molecule has 0 amide bonds. The Morgan fingerprint density at radius 3 is 1.81 bits per heavy atom. The SMILES string of the molecule is CC.CO.COc1cc(C)cc(OC)c1CN1CCCC1. The van der Waals surface area contributed by atoms with E-state index in [-0.39, 0.29) is 0 Å². The zero-order chi connectivity index (χ0) is 16.3. The second kappa shape index (κ2) is 11.4. The number of hydrogen-bond acceptors (Lipinski definition) is 4. The van der Waals surface area contributed by atoms with E-state index in [2.05, 4.69) is 24.0 Å². The summed E-state index contributed by atoms with van der Waals surface area (Å²) in [5, 5.41) is 7.00. The predicted octanol–water partition coefficient (Wildman–Crippen LogP) is 3.24. The Bertz CT molecular complexity index is 363. The summed E-state index contributed by atoms with van der Waals surface area (Å²) in [4.78, 5) is 2.45. The zero-order valence-corrected chi connectivity index (χ0v) is 14.4. The maximum absolute atomic E-state index is 7.00. The standard InChI is InChI=1S/C14H21NO2.C2H6.CH4O/c1-11-8-13(16-2)12(14(9-11)17-3)10-15-6-4-5-7-15;2*1-2/h8-9H,4-7,10H2,1-3H3;1-2H3;2H,1H3. The molecule has 1 aliphatic heterocycles. The molecule has 4 heteroatoms. The molecule has 1 N–H and O–H groups in total. The topological polar surface area (TPSA) is 41.9 Å². The van der Waals surface area contributed by atoms with E-state index < -0.39 is 0 Å². The second-order valence-electron chi connectivity index (χ2n) is 4.63. The lowest BCUT2D eigenvalue weighted by atomic mass is 10.1. The molecule has 1 saturated heterocycles. The summed E-state index contributed by atoms with van der Waals surface area (Å²) in [6.45, 7) is 9.34. The van der Waals surface area contributed by atoms with Crippen LogP contribution in [0, 0.1) is 6.92 Å². The number of aryl methyl sites for hydroxylation is 1. The molecule has 21 heavy (non-hydrogen) atoms. The number of hydrogen-bond donors (Lipinski definition) is 1. The van der Waals surface area contributed by atoms with Gasteiger partial charge in [-0.15, -0.1) is 0 Å². The Morgan fingerprint density at radius 1 is 1.00 bits per heavy atom. The van der Waals surface area contributed by atoms with Crippen LogP contribution in [0.4, 0.5) is 0 Å². The molecule has 1 fully saturated rings. The molecular weight excluding hydrogens is 266 g/mol. The third-order valence-corrected chi connectivity index (χ3v) is 3.33. The molecule has 4 nitrogen and oxygen atoms in total. The highest BCUT2D eigenvalue weighted by Crippen LogP contribution is 2.32. The highest BCUT2D eigenvalue weighted by Gasteiger charge is 2.17. The van der Waals surface area contributed by atoms with Crippen molar-refractivity contribution in [1.29, 1.82) is 0 Å². The fourth-order valence-corrected chi connectivity index (χ4v) is 2.44. The molecule has 0 radical (unpaired) electrons. The number of nitrogens with zero attached hydrogens (tertiary/aromatic N) is 1. The molecule has 0 bridgehead atoms. The quantitative estimate of drug-likeness (QED) is 0.926. The van der Waals surface area contributed by atoms with Gasteiger partial charge in [0.15, 0.2) is 0 Å². The van der Waals surface area contributed by atoms with Crippen molar-refractivity contribution < 1.29 is 14.6 Å². The van der Waals surface area contributed by atoms with E-state index in [4.69, 9.17) is 14.6 Å². The molecule has 0 atom stereocenters. The molecule has 1 aromatic rings. The van der Waals surface area contributed by atoms with E-state index in [1.807, 2.05) is 13.8 Å². The van der Waals surface area contributed by atoms with Crippen LogP contribution in [0.2, 0.25) is 0 Å². The predicted molar refractivity (Wildman–Crippen MR) is 88.3 cm³/mol. The van der Waals surface area contributed by atoms with Gasteiger partial charge in [0, 0.05) is 13.7 Å². The van der Waals surface area contributed by atoms with Crippen LogP contribution in [0.15, 0.2) is 12.1 Å². The monoisotopic (exact) mass is 297 g/mol. The molecule has 0 spiro atoms. The van der Waals surface area contributed by atoms with Crippen molar-refractivity contribution in [1.82, 2.24) is 4.90 Å². The molecule has 1 aromatic carbocycles. The van der Waals surface area contributed by atoms with Gasteiger partial charge in [-0.25, -0.2) is 0 Å². The summed E-state index contributed by atoms with van der Waals surface area (Å²) in [7, 11) is 4.45. The van der Waals surface area contributed by atoms with E-state index in [0.717, 1.165) is 25.2 Å². The van der Waals surface area contributed by atoms with Crippen LogP contribution < -0.4 is 9.47 Å². The third-order valence-electron chi connectivity index (χ3n) is 3.33. The van der Waals surface area contributed by atoms with Gasteiger partial charge >= 0.3 is 0 Å². The lowest BCUT2D eigenvalue weighted by molar-refractivity contribution is 0.309. The van der Waals surface area contributed by atoms with Gasteiger partial charge in [-0.3, -0.25) is 4.90 Å². The molecule has 122 valence electrons. The normalized spacial score (nSPS) is 13.7. The van der Waals surface area contributed by atoms with Crippen molar-refractivity contribution in [2.75, 3.05) is 34.4 Å². The number of aliphatic hydroxyl groups excluding tert-OH is 1. The van der Waals surface area contributed by atoms with Crippen LogP contribution in [0.3, 0.4) is 0 Å². The summed E-state index contributed by atoms with van der Waals surface area (Å²) in [6, 6.07) is 4.15. The number of likely N-dealkylation sites (tertiary alicyclic amines) is 1. The second-order valence-corrected chi connectivity index (χ2v) is 4.63. The molecule has 2 rings (SSSR count). The van der Waals surface area contributed by atoms with Crippen molar-refractivity contribution in [3.8, 4) is 11.5 Å². The Morgan fingerprint density at radius 2 is 1.43 bits per heavy atom. The van der Waals surface area contributed by atoms with Crippen molar-refractivity contribution >= 4 is 0 Å². The first-order valence-corrected chi connectivity index (χ1v) is 7.63. The largest absolute Gasteiger partial charge is 0.496 e. The molecule has 0 aromatic heterocycles. The number of aliphatic hydroxyl groups is 1. The summed E-state index contributed by atoms with van der Waals surface area (Å²) in [6.07, 6.45) is 2.60. The van der Waals surface area contributed by atoms with Crippen molar-refractivity contribution in [3.05, 3.63) is 23.3 Å². The van der Waals surface area contributed by atoms with E-state index in [0.29, 0.717) is 0 Å². The number of benzene rings is 1. The minimum absolute atomic E-state index is 0.923. The Kier molecular flexibility index (Phi) is 10.7. The maximum Gasteiger partial charge on any atom is 0.127 e. The smallest absolute Gasteiger partial charge is 0.127 e. The zero-order valence-electron chi connectivity index (χ0n) is 14.4. The maximum atomic E-state index is 7.00. The van der Waals surface area contributed by atoms with E-state index >= 15 is 0 Å². The third kappa shape index (κ3) is 5.94. The lowest BCUT2D eigenvalue weighted by Crippen LogP contribution is -2.19. The van der Waals surface area contributed by atoms with Gasteiger partial charge in [0.25, 0.3) is 0 Å². The summed E-state index contributed by atoms with van der Waals surface area (Å²) in [5.41, 5.74) is 2.34. The molecule has 0 aliphatic carbocycles. The van der Waals surface area contributed by atoms with Gasteiger partial charge < -0.3 is 14.6 Å². The average Bonchev–Trinajstić information content (AvgIpc) is 3.05. The fraction of sp³-hybridized carbons (Fsp3) is 0.647. The van der Waals surface area contributed by atoms with Crippen LogP contribution in [0.5, 0.6) is 11.5 Å². The molecular formula is C17H31NO3. The average molecular weight is 297 g/mol. The highest BCUT2D eigenvalue weighted by molar-refractivity contribution is 5.47. The lowest BCUT2D eigenvalue weighted by Gasteiger charge is -2.19. The fourth-order valence-electron chi connectivity index (χ4n) is 2.44. The summed E-state index contributed by atoms with van der Waals surface area (Å²) < 4.78 is 10.9. The van der Waals surface area contributed by atoms with Crippen LogP contribution in [0.25, 0.3) is 0 Å². The van der Waals surface area contributed by atoms with Crippen LogP contribution >= 0.6 is 0 Å². The molecule has 1 aliphatic rings. The van der Waals surface area contributed by atoms with Gasteiger partial charge in [0.1, 0.15) is 11.5 Å². The van der Waals surface area contributed by atoms with Crippen LogP contribution in [-0.4, -0.2) is 44.4 Å². The number of rotatable bonds is 4. The van der Waals surface area contributed by atoms with Crippen LogP contribution in [-0.2, 0) is 6.54 Å². The Labute approximate surface area is 129 Å². The molecule has 0 unspecified atom stereocenters. The van der Waals surface area contributed by atoms with E-state index in [9.17, 15) is 0 Å². The molecule has 1 heterocycles. The number of methoxy groups -OCH3 is 2. The van der Waals surface area contributed by atoms with Gasteiger partial charge in [-0.05, 0) is 50.6 Å². The van der Waals surface area contributed by atoms with E-state index in [1.165, 1.54) is 37.1 Å². The summed E-state index contributed by atoms with van der Waals surface area (Å²) >= 11 is 0. The highest BCUT2D eigenvalue weighted by atomic mass is 16.5. The van der Waals surface area contributed by atoms with Crippen molar-refractivity contribution in [2.24, 2.45) is 0 Å². The van der Waals surface area contributed by atoms with E-state index in [1.54, 1.807) is 14.2 Å². The van der Waals surface area contributed by atoms with Gasteiger partial charge in [0.2, 0.25) is 0 Å².